The predicted molar refractivity (Wildman–Crippen MR) is 58.4 cm³/mol. The number of aromatic nitrogens is 2. The molecule has 2 aromatic rings. The van der Waals surface area contributed by atoms with E-state index in [2.05, 4.69) is 15.3 Å². The van der Waals surface area contributed by atoms with Crippen LogP contribution in [0.25, 0.3) is 0 Å². The number of rotatable bonds is 3. The smallest absolute Gasteiger partial charge is 0.0795 e. The summed E-state index contributed by atoms with van der Waals surface area (Å²) >= 11 is 1.62. The monoisotopic (exact) mass is 205 g/mol. The van der Waals surface area contributed by atoms with E-state index >= 15 is 0 Å². The molecule has 0 radical (unpaired) electrons. The van der Waals surface area contributed by atoms with Crippen molar-refractivity contribution in [3.05, 3.63) is 40.6 Å². The van der Waals surface area contributed by atoms with E-state index in [-0.39, 0.29) is 0 Å². The van der Waals surface area contributed by atoms with Gasteiger partial charge in [-0.3, -0.25) is 4.98 Å². The van der Waals surface area contributed by atoms with Crippen LogP contribution in [0.4, 0.5) is 5.69 Å². The quantitative estimate of drug-likeness (QED) is 0.836. The molecule has 0 saturated carbocycles. The van der Waals surface area contributed by atoms with Gasteiger partial charge in [0, 0.05) is 23.5 Å². The zero-order valence-electron chi connectivity index (χ0n) is 7.90. The molecule has 0 fully saturated rings. The van der Waals surface area contributed by atoms with Crippen molar-refractivity contribution in [1.82, 2.24) is 9.97 Å². The fraction of sp³-hybridized carbons (Fsp3) is 0.200. The number of thiazole rings is 1. The predicted octanol–water partition coefficient (Wildman–Crippen LogP) is 2.46. The first-order chi connectivity index (χ1) is 6.86. The Bertz CT molecular complexity index is 398. The average Bonchev–Trinajstić information content (AvgIpc) is 2.69. The molecule has 0 saturated heterocycles. The summed E-state index contributed by atoms with van der Waals surface area (Å²) in [4.78, 5) is 8.24. The van der Waals surface area contributed by atoms with E-state index in [9.17, 15) is 0 Å². The topological polar surface area (TPSA) is 37.8 Å². The third-order valence-corrected chi connectivity index (χ3v) is 2.60. The summed E-state index contributed by atoms with van der Waals surface area (Å²) in [7, 11) is 0. The highest BCUT2D eigenvalue weighted by atomic mass is 32.1. The van der Waals surface area contributed by atoms with Gasteiger partial charge in [0.25, 0.3) is 0 Å². The van der Waals surface area contributed by atoms with Gasteiger partial charge < -0.3 is 5.32 Å². The van der Waals surface area contributed by atoms with Crippen molar-refractivity contribution in [1.29, 1.82) is 0 Å². The molecule has 1 N–H and O–H groups in total. The van der Waals surface area contributed by atoms with Gasteiger partial charge in [-0.05, 0) is 18.6 Å². The van der Waals surface area contributed by atoms with Gasteiger partial charge in [-0.2, -0.15) is 0 Å². The van der Waals surface area contributed by atoms with Gasteiger partial charge >= 0.3 is 0 Å². The van der Waals surface area contributed by atoms with Crippen LogP contribution in [0.5, 0.6) is 0 Å². The van der Waals surface area contributed by atoms with E-state index in [1.54, 1.807) is 17.5 Å². The summed E-state index contributed by atoms with van der Waals surface area (Å²) in [5, 5.41) is 5.36. The number of hydrogen-bond acceptors (Lipinski definition) is 4. The van der Waals surface area contributed by atoms with Crippen LogP contribution in [0, 0.1) is 6.92 Å². The van der Waals surface area contributed by atoms with E-state index in [1.807, 2.05) is 30.1 Å². The highest BCUT2D eigenvalue weighted by Gasteiger charge is 1.97. The molecule has 0 aliphatic carbocycles. The lowest BCUT2D eigenvalue weighted by Crippen LogP contribution is -2.01. The molecule has 14 heavy (non-hydrogen) atoms. The molecule has 2 rings (SSSR count). The van der Waals surface area contributed by atoms with Gasteiger partial charge in [0.15, 0.2) is 0 Å². The number of nitrogens with zero attached hydrogens (tertiary/aromatic N) is 2. The highest BCUT2D eigenvalue weighted by Crippen LogP contribution is 2.13. The second kappa shape index (κ2) is 4.19. The number of pyridine rings is 1. The first kappa shape index (κ1) is 9.15. The first-order valence-electron chi connectivity index (χ1n) is 4.38. The summed E-state index contributed by atoms with van der Waals surface area (Å²) in [5.74, 6) is 0. The maximum atomic E-state index is 4.20. The lowest BCUT2D eigenvalue weighted by molar-refractivity contribution is 1.06. The number of nitrogens with one attached hydrogen (secondary N) is 1. The van der Waals surface area contributed by atoms with Crippen molar-refractivity contribution in [3.8, 4) is 0 Å². The second-order valence-corrected chi connectivity index (χ2v) is 3.74. The Morgan fingerprint density at radius 2 is 2.43 bits per heavy atom. The fourth-order valence-corrected chi connectivity index (χ4v) is 1.74. The Morgan fingerprint density at radius 1 is 1.50 bits per heavy atom. The van der Waals surface area contributed by atoms with Crippen molar-refractivity contribution in [2.75, 3.05) is 5.32 Å². The zero-order valence-corrected chi connectivity index (χ0v) is 8.71. The van der Waals surface area contributed by atoms with Crippen molar-refractivity contribution in [2.24, 2.45) is 0 Å². The Kier molecular flexibility index (Phi) is 2.74. The molecule has 0 amide bonds. The van der Waals surface area contributed by atoms with Crippen LogP contribution in [-0.2, 0) is 6.54 Å². The standard InChI is InChI=1S/C10H11N3S/c1-8-4-11-3-2-10(8)12-5-9-6-14-7-13-9/h2-4,6-7H,5H2,1H3,(H,11,12). The molecule has 2 heterocycles. The number of anilines is 1. The molecule has 2 aromatic heterocycles. The largest absolute Gasteiger partial charge is 0.379 e. The minimum atomic E-state index is 0.772. The van der Waals surface area contributed by atoms with Crippen LogP contribution >= 0.6 is 11.3 Å². The third kappa shape index (κ3) is 2.09. The van der Waals surface area contributed by atoms with Crippen LogP contribution in [0.3, 0.4) is 0 Å². The molecule has 0 atom stereocenters. The molecule has 72 valence electrons. The van der Waals surface area contributed by atoms with Crippen LogP contribution in [-0.4, -0.2) is 9.97 Å². The summed E-state index contributed by atoms with van der Waals surface area (Å²) in [5.41, 5.74) is 5.19. The van der Waals surface area contributed by atoms with Crippen LogP contribution in [0.2, 0.25) is 0 Å². The zero-order chi connectivity index (χ0) is 9.80. The normalized spacial score (nSPS) is 10.1. The van der Waals surface area contributed by atoms with E-state index in [4.69, 9.17) is 0 Å². The molecule has 0 aliphatic heterocycles. The van der Waals surface area contributed by atoms with Crippen LogP contribution in [0.15, 0.2) is 29.4 Å². The van der Waals surface area contributed by atoms with Gasteiger partial charge in [0.1, 0.15) is 0 Å². The second-order valence-electron chi connectivity index (χ2n) is 3.02. The van der Waals surface area contributed by atoms with Gasteiger partial charge in [-0.1, -0.05) is 0 Å². The molecule has 0 spiro atoms. The Labute approximate surface area is 86.8 Å². The van der Waals surface area contributed by atoms with Crippen molar-refractivity contribution >= 4 is 17.0 Å². The Balaban J connectivity index is 2.02. The minimum Gasteiger partial charge on any atom is -0.379 e. The first-order valence-corrected chi connectivity index (χ1v) is 5.32. The molecular weight excluding hydrogens is 194 g/mol. The fourth-order valence-electron chi connectivity index (χ4n) is 1.18. The van der Waals surface area contributed by atoms with Gasteiger partial charge in [0.05, 0.1) is 17.7 Å². The maximum absolute atomic E-state index is 4.20. The molecular formula is C10H11N3S. The highest BCUT2D eigenvalue weighted by molar-refractivity contribution is 7.07. The molecule has 0 unspecified atom stereocenters. The lowest BCUT2D eigenvalue weighted by atomic mass is 10.2. The Hall–Kier alpha value is -1.42. The van der Waals surface area contributed by atoms with E-state index in [0.29, 0.717) is 0 Å². The SMILES string of the molecule is Cc1cnccc1NCc1cscn1. The Morgan fingerprint density at radius 3 is 3.14 bits per heavy atom. The van der Waals surface area contributed by atoms with Crippen molar-refractivity contribution in [2.45, 2.75) is 13.5 Å². The number of hydrogen-bond donors (Lipinski definition) is 1. The minimum absolute atomic E-state index is 0.772. The molecule has 0 aromatic carbocycles. The number of aryl methyl sites for hydroxylation is 1. The van der Waals surface area contributed by atoms with Crippen LogP contribution in [0.1, 0.15) is 11.3 Å². The summed E-state index contributed by atoms with van der Waals surface area (Å²) < 4.78 is 0. The molecule has 0 bridgehead atoms. The molecule has 4 heteroatoms. The maximum Gasteiger partial charge on any atom is 0.0795 e. The van der Waals surface area contributed by atoms with Crippen LogP contribution < -0.4 is 5.32 Å². The van der Waals surface area contributed by atoms with Gasteiger partial charge in [-0.15, -0.1) is 11.3 Å². The van der Waals surface area contributed by atoms with Gasteiger partial charge in [0.2, 0.25) is 0 Å². The summed E-state index contributed by atoms with van der Waals surface area (Å²) in [6.45, 7) is 2.81. The van der Waals surface area contributed by atoms with E-state index < -0.39 is 0 Å². The van der Waals surface area contributed by atoms with Gasteiger partial charge in [-0.25, -0.2) is 4.98 Å². The average molecular weight is 205 g/mol. The molecule has 3 nitrogen and oxygen atoms in total. The van der Waals surface area contributed by atoms with Crippen molar-refractivity contribution in [3.63, 3.8) is 0 Å². The van der Waals surface area contributed by atoms with Crippen molar-refractivity contribution < 1.29 is 0 Å². The summed E-state index contributed by atoms with van der Waals surface area (Å²) in [6, 6.07) is 1.97. The summed E-state index contributed by atoms with van der Waals surface area (Å²) in [6.07, 6.45) is 3.64. The van der Waals surface area contributed by atoms with E-state index in [1.165, 1.54) is 0 Å². The molecule has 0 aliphatic rings. The van der Waals surface area contributed by atoms with E-state index in [0.717, 1.165) is 23.5 Å². The third-order valence-electron chi connectivity index (χ3n) is 1.96. The lowest BCUT2D eigenvalue weighted by Gasteiger charge is -2.06.